The number of nitrogens with zero attached hydrogens (tertiary/aromatic N) is 1. The van der Waals surface area contributed by atoms with E-state index in [1.807, 2.05) is 7.05 Å². The summed E-state index contributed by atoms with van der Waals surface area (Å²) in [5.74, 6) is 0.525. The second-order valence-electron chi connectivity index (χ2n) is 5.20. The van der Waals surface area contributed by atoms with Crippen molar-refractivity contribution in [3.8, 4) is 0 Å². The largest absolute Gasteiger partial charge is 0.387 e. The standard InChI is InChI=1S/C15H15Cl3N2/c1-19-12-7-11(8-4-2-3-5-8)20-15-10(17)6-9(16)14(18)13(12)15/h6-8H,2-5H2,1H3,(H,19,20). The van der Waals surface area contributed by atoms with Crippen LogP contribution in [0.3, 0.4) is 0 Å². The third kappa shape index (κ3) is 2.34. The summed E-state index contributed by atoms with van der Waals surface area (Å²) in [5.41, 5.74) is 2.76. The lowest BCUT2D eigenvalue weighted by Crippen LogP contribution is -2.01. The first-order chi connectivity index (χ1) is 9.61. The van der Waals surface area contributed by atoms with Crippen molar-refractivity contribution >= 4 is 51.4 Å². The van der Waals surface area contributed by atoms with Crippen LogP contribution in [0.25, 0.3) is 10.9 Å². The summed E-state index contributed by atoms with van der Waals surface area (Å²) in [4.78, 5) is 4.75. The van der Waals surface area contributed by atoms with Crippen LogP contribution in [0, 0.1) is 0 Å². The Kier molecular flexibility index (Phi) is 3.98. The van der Waals surface area contributed by atoms with Crippen LogP contribution >= 0.6 is 34.8 Å². The van der Waals surface area contributed by atoms with Crippen molar-refractivity contribution in [2.24, 2.45) is 0 Å². The van der Waals surface area contributed by atoms with Crippen LogP contribution in [0.4, 0.5) is 5.69 Å². The fourth-order valence-corrected chi connectivity index (χ4v) is 3.70. The monoisotopic (exact) mass is 328 g/mol. The topological polar surface area (TPSA) is 24.9 Å². The van der Waals surface area contributed by atoms with Crippen molar-refractivity contribution in [2.45, 2.75) is 31.6 Å². The molecule has 2 nitrogen and oxygen atoms in total. The van der Waals surface area contributed by atoms with Gasteiger partial charge < -0.3 is 5.32 Å². The lowest BCUT2D eigenvalue weighted by atomic mass is 10.0. The number of nitrogens with one attached hydrogen (secondary N) is 1. The Hall–Kier alpha value is -0.700. The summed E-state index contributed by atoms with van der Waals surface area (Å²) in [6.45, 7) is 0. The van der Waals surface area contributed by atoms with E-state index in [1.165, 1.54) is 25.7 Å². The van der Waals surface area contributed by atoms with Gasteiger partial charge in [0.25, 0.3) is 0 Å². The molecule has 1 saturated carbocycles. The Balaban J connectivity index is 2.28. The maximum absolute atomic E-state index is 6.32. The van der Waals surface area contributed by atoms with Gasteiger partial charge in [-0.1, -0.05) is 47.6 Å². The summed E-state index contributed by atoms with van der Waals surface area (Å²) in [5, 5.41) is 5.49. The zero-order chi connectivity index (χ0) is 14.3. The van der Waals surface area contributed by atoms with Crippen LogP contribution in [0.1, 0.15) is 37.3 Å². The van der Waals surface area contributed by atoms with E-state index in [0.29, 0.717) is 21.0 Å². The molecule has 1 aliphatic rings. The van der Waals surface area contributed by atoms with Gasteiger partial charge in [-0.05, 0) is 25.0 Å². The van der Waals surface area contributed by atoms with Gasteiger partial charge in [0.15, 0.2) is 0 Å². The molecule has 0 radical (unpaired) electrons. The van der Waals surface area contributed by atoms with Gasteiger partial charge >= 0.3 is 0 Å². The van der Waals surface area contributed by atoms with Gasteiger partial charge in [0.2, 0.25) is 0 Å². The number of pyridine rings is 1. The zero-order valence-electron chi connectivity index (χ0n) is 11.1. The van der Waals surface area contributed by atoms with Crippen molar-refractivity contribution in [1.29, 1.82) is 0 Å². The number of benzene rings is 1. The molecular formula is C15H15Cl3N2. The molecule has 0 unspecified atom stereocenters. The molecule has 3 rings (SSSR count). The molecule has 1 aromatic carbocycles. The molecule has 1 aliphatic carbocycles. The van der Waals surface area contributed by atoms with Crippen LogP contribution in [0.5, 0.6) is 0 Å². The lowest BCUT2D eigenvalue weighted by molar-refractivity contribution is 0.701. The summed E-state index contributed by atoms with van der Waals surface area (Å²) < 4.78 is 0. The van der Waals surface area contributed by atoms with Crippen molar-refractivity contribution in [2.75, 3.05) is 12.4 Å². The maximum atomic E-state index is 6.32. The van der Waals surface area contributed by atoms with E-state index < -0.39 is 0 Å². The molecule has 5 heteroatoms. The summed E-state index contributed by atoms with van der Waals surface area (Å²) in [7, 11) is 1.87. The number of fused-ring (bicyclic) bond motifs is 1. The maximum Gasteiger partial charge on any atom is 0.0928 e. The Morgan fingerprint density at radius 3 is 2.45 bits per heavy atom. The normalized spacial score (nSPS) is 16.0. The molecule has 0 bridgehead atoms. The number of aromatic nitrogens is 1. The molecule has 106 valence electrons. The zero-order valence-corrected chi connectivity index (χ0v) is 13.4. The third-order valence-corrected chi connectivity index (χ3v) is 5.07. The van der Waals surface area contributed by atoms with E-state index in [1.54, 1.807) is 6.07 Å². The van der Waals surface area contributed by atoms with Crippen LogP contribution in [-0.4, -0.2) is 12.0 Å². The number of hydrogen-bond donors (Lipinski definition) is 1. The van der Waals surface area contributed by atoms with E-state index in [2.05, 4.69) is 11.4 Å². The Bertz CT molecular complexity index is 664. The van der Waals surface area contributed by atoms with Gasteiger partial charge in [0.05, 0.1) is 20.6 Å². The SMILES string of the molecule is CNc1cc(C2CCCC2)nc2c(Cl)cc(Cl)c(Cl)c12. The number of anilines is 1. The highest BCUT2D eigenvalue weighted by atomic mass is 35.5. The van der Waals surface area contributed by atoms with E-state index in [-0.39, 0.29) is 0 Å². The molecule has 0 saturated heterocycles. The molecule has 0 spiro atoms. The second kappa shape index (κ2) is 5.59. The molecule has 0 amide bonds. The number of halogens is 3. The quantitative estimate of drug-likeness (QED) is 0.694. The van der Waals surface area contributed by atoms with Crippen molar-refractivity contribution in [3.05, 3.63) is 32.9 Å². The van der Waals surface area contributed by atoms with Gasteiger partial charge in [-0.2, -0.15) is 0 Å². The van der Waals surface area contributed by atoms with Gasteiger partial charge in [-0.25, -0.2) is 0 Å². The van der Waals surface area contributed by atoms with Crippen molar-refractivity contribution < 1.29 is 0 Å². The van der Waals surface area contributed by atoms with Crippen LogP contribution < -0.4 is 5.32 Å². The van der Waals surface area contributed by atoms with E-state index in [0.717, 1.165) is 22.3 Å². The smallest absolute Gasteiger partial charge is 0.0928 e. The Labute approximate surface area is 133 Å². The molecule has 1 fully saturated rings. The van der Waals surface area contributed by atoms with Crippen LogP contribution in [0.2, 0.25) is 15.1 Å². The fourth-order valence-electron chi connectivity index (χ4n) is 2.95. The lowest BCUT2D eigenvalue weighted by Gasteiger charge is -2.15. The van der Waals surface area contributed by atoms with E-state index in [9.17, 15) is 0 Å². The van der Waals surface area contributed by atoms with Crippen LogP contribution in [-0.2, 0) is 0 Å². The second-order valence-corrected chi connectivity index (χ2v) is 6.40. The fraction of sp³-hybridized carbons (Fsp3) is 0.400. The summed E-state index contributed by atoms with van der Waals surface area (Å²) >= 11 is 18.7. The number of rotatable bonds is 2. The first kappa shape index (κ1) is 14.2. The molecule has 2 aromatic rings. The van der Waals surface area contributed by atoms with Crippen molar-refractivity contribution in [3.63, 3.8) is 0 Å². The van der Waals surface area contributed by atoms with E-state index >= 15 is 0 Å². The molecule has 1 aromatic heterocycles. The summed E-state index contributed by atoms with van der Waals surface area (Å²) in [6.07, 6.45) is 4.93. The number of hydrogen-bond acceptors (Lipinski definition) is 2. The first-order valence-electron chi connectivity index (χ1n) is 6.77. The molecule has 0 atom stereocenters. The molecule has 0 aliphatic heterocycles. The highest BCUT2D eigenvalue weighted by Crippen LogP contribution is 2.42. The molecule has 1 heterocycles. The summed E-state index contributed by atoms with van der Waals surface area (Å²) in [6, 6.07) is 3.75. The Morgan fingerprint density at radius 2 is 1.80 bits per heavy atom. The van der Waals surface area contributed by atoms with Crippen LogP contribution in [0.15, 0.2) is 12.1 Å². The highest BCUT2D eigenvalue weighted by Gasteiger charge is 2.22. The van der Waals surface area contributed by atoms with Gasteiger partial charge in [0, 0.05) is 29.7 Å². The minimum absolute atomic E-state index is 0.455. The first-order valence-corrected chi connectivity index (χ1v) is 7.91. The van der Waals surface area contributed by atoms with Gasteiger partial charge in [0.1, 0.15) is 0 Å². The minimum atomic E-state index is 0.455. The van der Waals surface area contributed by atoms with Gasteiger partial charge in [-0.15, -0.1) is 0 Å². The molecule has 1 N–H and O–H groups in total. The van der Waals surface area contributed by atoms with E-state index in [4.69, 9.17) is 39.8 Å². The van der Waals surface area contributed by atoms with Crippen molar-refractivity contribution in [1.82, 2.24) is 4.98 Å². The third-order valence-electron chi connectivity index (χ3n) is 3.99. The predicted molar refractivity (Wildman–Crippen MR) is 87.5 cm³/mol. The minimum Gasteiger partial charge on any atom is -0.387 e. The average molecular weight is 330 g/mol. The van der Waals surface area contributed by atoms with Gasteiger partial charge in [-0.3, -0.25) is 4.98 Å². The Morgan fingerprint density at radius 1 is 1.10 bits per heavy atom. The highest BCUT2D eigenvalue weighted by molar-refractivity contribution is 6.48. The average Bonchev–Trinajstić information content (AvgIpc) is 2.97. The molecule has 20 heavy (non-hydrogen) atoms. The molecular weight excluding hydrogens is 315 g/mol. The predicted octanol–water partition coefficient (Wildman–Crippen LogP) is 5.89.